The Balaban J connectivity index is 1.79. The van der Waals surface area contributed by atoms with Crippen molar-refractivity contribution in [3.63, 3.8) is 0 Å². The fourth-order valence-corrected chi connectivity index (χ4v) is 3.51. The number of anilines is 1. The van der Waals surface area contributed by atoms with Crippen LogP contribution in [0.1, 0.15) is 37.8 Å². The molecule has 0 aromatic carbocycles. The maximum Gasteiger partial charge on any atom is 0.225 e. The Hall–Kier alpha value is -2.18. The molecule has 3 aromatic rings. The number of thiophene rings is 1. The first-order valence-electron chi connectivity index (χ1n) is 8.39. The van der Waals surface area contributed by atoms with Gasteiger partial charge in [-0.25, -0.2) is 4.98 Å². The molecular formula is C19H21ClN4OS. The highest BCUT2D eigenvalue weighted by Gasteiger charge is 2.21. The van der Waals surface area contributed by atoms with E-state index >= 15 is 0 Å². The van der Waals surface area contributed by atoms with Crippen LogP contribution in [0.3, 0.4) is 0 Å². The molecule has 3 aromatic heterocycles. The Kier molecular flexibility index (Phi) is 5.44. The van der Waals surface area contributed by atoms with E-state index in [9.17, 15) is 4.79 Å². The van der Waals surface area contributed by atoms with Crippen LogP contribution in [-0.2, 0) is 16.6 Å². The number of pyridine rings is 1. The summed E-state index contributed by atoms with van der Waals surface area (Å²) in [5, 5.41) is 7.62. The molecule has 3 heterocycles. The van der Waals surface area contributed by atoms with Gasteiger partial charge in [0.25, 0.3) is 0 Å². The number of halogens is 1. The summed E-state index contributed by atoms with van der Waals surface area (Å²) in [6.07, 6.45) is 2.75. The van der Waals surface area contributed by atoms with E-state index in [1.165, 1.54) is 11.3 Å². The summed E-state index contributed by atoms with van der Waals surface area (Å²) in [4.78, 5) is 17.9. The third-order valence-corrected chi connectivity index (χ3v) is 5.13. The topological polar surface area (TPSA) is 59.8 Å². The van der Waals surface area contributed by atoms with E-state index in [-0.39, 0.29) is 11.3 Å². The van der Waals surface area contributed by atoms with Gasteiger partial charge in [0.15, 0.2) is 5.82 Å². The predicted molar refractivity (Wildman–Crippen MR) is 106 cm³/mol. The molecule has 3 rings (SSSR count). The molecule has 0 fully saturated rings. The van der Waals surface area contributed by atoms with Crippen molar-refractivity contribution in [2.24, 2.45) is 0 Å². The van der Waals surface area contributed by atoms with E-state index < -0.39 is 0 Å². The molecule has 0 bridgehead atoms. The van der Waals surface area contributed by atoms with E-state index in [2.05, 4.69) is 36.2 Å². The van der Waals surface area contributed by atoms with Crippen molar-refractivity contribution in [1.29, 1.82) is 0 Å². The maximum absolute atomic E-state index is 12.4. The first kappa shape index (κ1) is 18.6. The molecule has 0 spiro atoms. The molecule has 5 nitrogen and oxygen atoms in total. The molecule has 7 heteroatoms. The van der Waals surface area contributed by atoms with E-state index in [1.54, 1.807) is 10.9 Å². The minimum atomic E-state index is -0.132. The predicted octanol–water partition coefficient (Wildman–Crippen LogP) is 4.85. The molecule has 0 atom stereocenters. The van der Waals surface area contributed by atoms with Crippen molar-refractivity contribution in [3.05, 3.63) is 57.5 Å². The minimum Gasteiger partial charge on any atom is -0.311 e. The molecule has 1 N–H and O–H groups in total. The van der Waals surface area contributed by atoms with Gasteiger partial charge in [-0.2, -0.15) is 9.78 Å². The Morgan fingerprint density at radius 1 is 1.27 bits per heavy atom. The molecule has 26 heavy (non-hydrogen) atoms. The lowest BCUT2D eigenvalue weighted by molar-refractivity contribution is -0.116. The number of carbonyl (C=O) groups excluding carboxylic acids is 1. The van der Waals surface area contributed by atoms with Crippen molar-refractivity contribution in [3.8, 4) is 5.82 Å². The lowest BCUT2D eigenvalue weighted by Crippen LogP contribution is -2.15. The highest BCUT2D eigenvalue weighted by molar-refractivity contribution is 7.16. The van der Waals surface area contributed by atoms with Gasteiger partial charge in [0, 0.05) is 29.0 Å². The zero-order chi connectivity index (χ0) is 18.7. The van der Waals surface area contributed by atoms with Gasteiger partial charge in [0.2, 0.25) is 5.91 Å². The fourth-order valence-electron chi connectivity index (χ4n) is 2.42. The largest absolute Gasteiger partial charge is 0.311 e. The van der Waals surface area contributed by atoms with Crippen molar-refractivity contribution in [2.75, 3.05) is 5.32 Å². The molecule has 0 radical (unpaired) electrons. The van der Waals surface area contributed by atoms with Gasteiger partial charge in [-0.3, -0.25) is 4.79 Å². The highest BCUT2D eigenvalue weighted by Crippen LogP contribution is 2.26. The summed E-state index contributed by atoms with van der Waals surface area (Å²) in [6.45, 7) is 6.26. The van der Waals surface area contributed by atoms with Crippen molar-refractivity contribution < 1.29 is 4.79 Å². The van der Waals surface area contributed by atoms with Crippen LogP contribution >= 0.6 is 22.9 Å². The van der Waals surface area contributed by atoms with E-state index in [1.807, 2.05) is 36.4 Å². The van der Waals surface area contributed by atoms with Gasteiger partial charge in [-0.1, -0.05) is 38.4 Å². The lowest BCUT2D eigenvalue weighted by atomic mass is 9.92. The number of amides is 1. The van der Waals surface area contributed by atoms with Gasteiger partial charge in [0.1, 0.15) is 5.82 Å². The summed E-state index contributed by atoms with van der Waals surface area (Å²) >= 11 is 7.44. The quantitative estimate of drug-likeness (QED) is 0.679. The van der Waals surface area contributed by atoms with Gasteiger partial charge in [0.05, 0.1) is 10.0 Å². The van der Waals surface area contributed by atoms with E-state index in [0.29, 0.717) is 24.5 Å². The molecule has 136 valence electrons. The molecule has 0 unspecified atom stereocenters. The zero-order valence-corrected chi connectivity index (χ0v) is 16.6. The normalized spacial score (nSPS) is 11.5. The van der Waals surface area contributed by atoms with Crippen LogP contribution in [-0.4, -0.2) is 20.7 Å². The smallest absolute Gasteiger partial charge is 0.225 e. The molecule has 0 aliphatic heterocycles. The summed E-state index contributed by atoms with van der Waals surface area (Å²) < 4.78 is 2.42. The summed E-state index contributed by atoms with van der Waals surface area (Å²) in [5.41, 5.74) is 0.760. The van der Waals surface area contributed by atoms with Crippen LogP contribution in [0.15, 0.2) is 42.6 Å². The van der Waals surface area contributed by atoms with E-state index in [0.717, 1.165) is 14.9 Å². The number of rotatable bonds is 5. The van der Waals surface area contributed by atoms with Gasteiger partial charge in [-0.15, -0.1) is 11.3 Å². The molecule has 0 saturated heterocycles. The van der Waals surface area contributed by atoms with Gasteiger partial charge >= 0.3 is 0 Å². The lowest BCUT2D eigenvalue weighted by Gasteiger charge is -2.13. The second-order valence-electron chi connectivity index (χ2n) is 7.02. The highest BCUT2D eigenvalue weighted by atomic mass is 35.5. The average Bonchev–Trinajstić information content (AvgIpc) is 3.20. The van der Waals surface area contributed by atoms with Crippen molar-refractivity contribution >= 4 is 34.7 Å². The Morgan fingerprint density at radius 2 is 2.08 bits per heavy atom. The monoisotopic (exact) mass is 388 g/mol. The summed E-state index contributed by atoms with van der Waals surface area (Å²) in [6, 6.07) is 11.3. The Morgan fingerprint density at radius 3 is 2.69 bits per heavy atom. The molecule has 1 amide bonds. The second kappa shape index (κ2) is 7.60. The number of hydrogen-bond acceptors (Lipinski definition) is 4. The maximum atomic E-state index is 12.4. The van der Waals surface area contributed by atoms with Gasteiger partial charge in [-0.05, 0) is 30.7 Å². The second-order valence-corrected chi connectivity index (χ2v) is 8.82. The minimum absolute atomic E-state index is 0.0629. The van der Waals surface area contributed by atoms with Crippen molar-refractivity contribution in [2.45, 2.75) is 39.0 Å². The number of carbonyl (C=O) groups is 1. The van der Waals surface area contributed by atoms with Crippen molar-refractivity contribution in [1.82, 2.24) is 14.8 Å². The Labute approximate surface area is 162 Å². The van der Waals surface area contributed by atoms with E-state index in [4.69, 9.17) is 11.6 Å². The van der Waals surface area contributed by atoms with Crippen LogP contribution in [0, 0.1) is 0 Å². The fraction of sp³-hybridized carbons (Fsp3) is 0.316. The van der Waals surface area contributed by atoms with Crippen LogP contribution in [0.5, 0.6) is 0 Å². The number of nitrogens with zero attached hydrogens (tertiary/aromatic N) is 3. The third kappa shape index (κ3) is 4.51. The molecule has 0 aliphatic rings. The number of hydrogen-bond donors (Lipinski definition) is 1. The number of aryl methyl sites for hydroxylation is 1. The zero-order valence-electron chi connectivity index (χ0n) is 15.0. The SMILES string of the molecule is CC(C)(C)c1cc(NC(=O)CCc2ccc(Cl)s2)n(-c2ccccn2)n1. The molecular weight excluding hydrogens is 368 g/mol. The molecule has 0 aliphatic carbocycles. The van der Waals surface area contributed by atoms with Crippen LogP contribution in [0.2, 0.25) is 4.34 Å². The summed E-state index contributed by atoms with van der Waals surface area (Å²) in [5.74, 6) is 1.23. The molecule has 0 saturated carbocycles. The van der Waals surface area contributed by atoms with Gasteiger partial charge < -0.3 is 5.32 Å². The first-order valence-corrected chi connectivity index (χ1v) is 9.58. The summed E-state index contributed by atoms with van der Waals surface area (Å²) in [7, 11) is 0. The average molecular weight is 389 g/mol. The third-order valence-electron chi connectivity index (χ3n) is 3.84. The van der Waals surface area contributed by atoms with Crippen LogP contribution < -0.4 is 5.32 Å². The Bertz CT molecular complexity index is 896. The number of aromatic nitrogens is 3. The standard InChI is InChI=1S/C19H21ClN4OS/c1-19(2,3)14-12-17(24(23-14)16-6-4-5-11-21-16)22-18(25)10-8-13-7-9-15(20)26-13/h4-7,9,11-12H,8,10H2,1-3H3,(H,22,25). The first-order chi connectivity index (χ1) is 12.3. The number of nitrogens with one attached hydrogen (secondary N) is 1. The van der Waals surface area contributed by atoms with Crippen LogP contribution in [0.4, 0.5) is 5.82 Å². The van der Waals surface area contributed by atoms with Crippen LogP contribution in [0.25, 0.3) is 5.82 Å².